The van der Waals surface area contributed by atoms with Crippen LogP contribution in [0.5, 0.6) is 0 Å². The molecule has 7 heteroatoms. The molecule has 162 valence electrons. The molecule has 7 nitrogen and oxygen atoms in total. The topological polar surface area (TPSA) is 93.1 Å². The van der Waals surface area contributed by atoms with E-state index in [1.54, 1.807) is 24.3 Å². The summed E-state index contributed by atoms with van der Waals surface area (Å²) in [7, 11) is 0. The number of benzene rings is 3. The number of amides is 2. The molecule has 0 aliphatic carbocycles. The van der Waals surface area contributed by atoms with Gasteiger partial charge in [-0.2, -0.15) is 5.10 Å². The molecule has 4 rings (SSSR count). The van der Waals surface area contributed by atoms with E-state index in [4.69, 9.17) is 0 Å². The standard InChI is InChI=1S/C25H24N4O3/c1-16(2)15-29-25(32)21-13-6-5-12-20(21)23(28-29)24(31)27-26-22(30)14-18-10-7-9-17-8-3-4-11-19(17)18/h3-13,16H,14-15H2,1-2H3,(H,26,30)(H,27,31). The molecule has 0 saturated carbocycles. The minimum atomic E-state index is -0.579. The van der Waals surface area contributed by atoms with Crippen molar-refractivity contribution in [2.45, 2.75) is 26.8 Å². The van der Waals surface area contributed by atoms with Crippen molar-refractivity contribution >= 4 is 33.4 Å². The van der Waals surface area contributed by atoms with E-state index in [1.807, 2.05) is 56.3 Å². The highest BCUT2D eigenvalue weighted by molar-refractivity contribution is 6.05. The van der Waals surface area contributed by atoms with Crippen molar-refractivity contribution in [2.75, 3.05) is 0 Å². The zero-order valence-electron chi connectivity index (χ0n) is 18.0. The summed E-state index contributed by atoms with van der Waals surface area (Å²) < 4.78 is 1.31. The molecule has 32 heavy (non-hydrogen) atoms. The minimum absolute atomic E-state index is 0.0892. The number of hydrogen-bond acceptors (Lipinski definition) is 4. The first-order valence-electron chi connectivity index (χ1n) is 10.5. The maximum atomic E-state index is 12.9. The van der Waals surface area contributed by atoms with Crippen molar-refractivity contribution in [2.24, 2.45) is 5.92 Å². The number of fused-ring (bicyclic) bond motifs is 2. The van der Waals surface area contributed by atoms with Crippen LogP contribution in [0.1, 0.15) is 29.9 Å². The van der Waals surface area contributed by atoms with E-state index >= 15 is 0 Å². The second kappa shape index (κ2) is 9.01. The number of hydrogen-bond donors (Lipinski definition) is 2. The Morgan fingerprint density at radius 3 is 2.28 bits per heavy atom. The van der Waals surface area contributed by atoms with Gasteiger partial charge in [0.1, 0.15) is 0 Å². The van der Waals surface area contributed by atoms with E-state index in [1.165, 1.54) is 4.68 Å². The molecule has 0 bridgehead atoms. The number of carbonyl (C=O) groups excluding carboxylic acids is 2. The Bertz CT molecular complexity index is 1370. The zero-order chi connectivity index (χ0) is 22.7. The fourth-order valence-electron chi connectivity index (χ4n) is 3.72. The van der Waals surface area contributed by atoms with Gasteiger partial charge >= 0.3 is 0 Å². The first kappa shape index (κ1) is 21.2. The summed E-state index contributed by atoms with van der Waals surface area (Å²) in [4.78, 5) is 38.1. The van der Waals surface area contributed by atoms with Crippen molar-refractivity contribution in [3.63, 3.8) is 0 Å². The summed E-state index contributed by atoms with van der Waals surface area (Å²) in [6, 6.07) is 20.4. The van der Waals surface area contributed by atoms with Crippen molar-refractivity contribution in [3.8, 4) is 0 Å². The lowest BCUT2D eigenvalue weighted by Gasteiger charge is -2.13. The third-order valence-corrected chi connectivity index (χ3v) is 5.17. The number of carbonyl (C=O) groups is 2. The molecule has 1 heterocycles. The third-order valence-electron chi connectivity index (χ3n) is 5.17. The van der Waals surface area contributed by atoms with Crippen molar-refractivity contribution < 1.29 is 9.59 Å². The molecule has 3 aromatic carbocycles. The first-order valence-corrected chi connectivity index (χ1v) is 10.5. The van der Waals surface area contributed by atoms with Crippen LogP contribution in [0, 0.1) is 5.92 Å². The van der Waals surface area contributed by atoms with Crippen LogP contribution >= 0.6 is 0 Å². The molecule has 1 aromatic heterocycles. The summed E-state index contributed by atoms with van der Waals surface area (Å²) in [5, 5.41) is 7.18. The van der Waals surface area contributed by atoms with Gasteiger partial charge in [0.05, 0.1) is 11.8 Å². The molecular formula is C25H24N4O3. The van der Waals surface area contributed by atoms with Crippen LogP contribution in [0.2, 0.25) is 0 Å². The molecule has 0 aliphatic heterocycles. The number of aromatic nitrogens is 2. The van der Waals surface area contributed by atoms with Crippen molar-refractivity contribution in [3.05, 3.63) is 88.3 Å². The Balaban J connectivity index is 1.54. The van der Waals surface area contributed by atoms with Gasteiger partial charge < -0.3 is 0 Å². The molecular weight excluding hydrogens is 404 g/mol. The fourth-order valence-corrected chi connectivity index (χ4v) is 3.72. The predicted octanol–water partition coefficient (Wildman–Crippen LogP) is 3.21. The van der Waals surface area contributed by atoms with Gasteiger partial charge in [0.15, 0.2) is 5.69 Å². The molecule has 0 saturated heterocycles. The van der Waals surface area contributed by atoms with Crippen LogP contribution in [0.4, 0.5) is 0 Å². The van der Waals surface area contributed by atoms with Gasteiger partial charge in [0.25, 0.3) is 11.5 Å². The van der Waals surface area contributed by atoms with E-state index < -0.39 is 5.91 Å². The predicted molar refractivity (Wildman–Crippen MR) is 124 cm³/mol. The Hall–Kier alpha value is -4.00. The van der Waals surface area contributed by atoms with Gasteiger partial charge in [-0.1, -0.05) is 74.5 Å². The number of rotatable bonds is 5. The van der Waals surface area contributed by atoms with Crippen LogP contribution < -0.4 is 16.4 Å². The quantitative estimate of drug-likeness (QED) is 0.478. The fraction of sp³-hybridized carbons (Fsp3) is 0.200. The average Bonchev–Trinajstić information content (AvgIpc) is 2.79. The molecule has 2 amide bonds. The van der Waals surface area contributed by atoms with E-state index in [0.717, 1.165) is 16.3 Å². The minimum Gasteiger partial charge on any atom is -0.273 e. The number of hydrazine groups is 1. The van der Waals surface area contributed by atoms with Crippen LogP contribution in [-0.2, 0) is 17.8 Å². The van der Waals surface area contributed by atoms with Crippen LogP contribution in [0.25, 0.3) is 21.5 Å². The van der Waals surface area contributed by atoms with E-state index in [2.05, 4.69) is 16.0 Å². The maximum absolute atomic E-state index is 12.9. The molecule has 0 unspecified atom stereocenters. The summed E-state index contributed by atoms with van der Waals surface area (Å²) in [5.41, 5.74) is 5.62. The highest BCUT2D eigenvalue weighted by atomic mass is 16.2. The molecule has 4 aromatic rings. The third kappa shape index (κ3) is 4.37. The number of nitrogens with zero attached hydrogens (tertiary/aromatic N) is 2. The highest BCUT2D eigenvalue weighted by Gasteiger charge is 2.18. The lowest BCUT2D eigenvalue weighted by atomic mass is 10.0. The molecule has 2 N–H and O–H groups in total. The SMILES string of the molecule is CC(C)Cn1nc(C(=O)NNC(=O)Cc2cccc3ccccc23)c2ccccc2c1=O. The second-order valence-corrected chi connectivity index (χ2v) is 8.09. The maximum Gasteiger partial charge on any atom is 0.290 e. The smallest absolute Gasteiger partial charge is 0.273 e. The van der Waals surface area contributed by atoms with Crippen molar-refractivity contribution in [1.29, 1.82) is 0 Å². The van der Waals surface area contributed by atoms with Gasteiger partial charge in [-0.15, -0.1) is 0 Å². The zero-order valence-corrected chi connectivity index (χ0v) is 18.0. The molecule has 0 spiro atoms. The Labute approximate surface area is 185 Å². The summed E-state index contributed by atoms with van der Waals surface area (Å²) in [5.74, 6) is -0.753. The van der Waals surface area contributed by atoms with Gasteiger partial charge in [0.2, 0.25) is 5.91 Å². The van der Waals surface area contributed by atoms with Gasteiger partial charge in [0, 0.05) is 11.9 Å². The molecule has 0 aliphatic rings. The van der Waals surface area contributed by atoms with E-state index in [-0.39, 0.29) is 29.5 Å². The van der Waals surface area contributed by atoms with Gasteiger partial charge in [-0.25, -0.2) is 4.68 Å². The monoisotopic (exact) mass is 428 g/mol. The second-order valence-electron chi connectivity index (χ2n) is 8.09. The van der Waals surface area contributed by atoms with Crippen molar-refractivity contribution in [1.82, 2.24) is 20.6 Å². The Kier molecular flexibility index (Phi) is 5.98. The van der Waals surface area contributed by atoms with Crippen LogP contribution in [-0.4, -0.2) is 21.6 Å². The molecule has 0 atom stereocenters. The summed E-state index contributed by atoms with van der Waals surface area (Å²) in [6.07, 6.45) is 0.114. The van der Waals surface area contributed by atoms with Gasteiger partial charge in [-0.05, 0) is 28.3 Å². The normalized spacial score (nSPS) is 11.1. The Morgan fingerprint density at radius 1 is 0.875 bits per heavy atom. The number of nitrogens with one attached hydrogen (secondary N) is 2. The first-order chi connectivity index (χ1) is 15.4. The summed E-state index contributed by atoms with van der Waals surface area (Å²) in [6.45, 7) is 4.32. The van der Waals surface area contributed by atoms with Crippen LogP contribution in [0.15, 0.2) is 71.5 Å². The van der Waals surface area contributed by atoms with Crippen LogP contribution in [0.3, 0.4) is 0 Å². The average molecular weight is 428 g/mol. The van der Waals surface area contributed by atoms with E-state index in [9.17, 15) is 14.4 Å². The highest BCUT2D eigenvalue weighted by Crippen LogP contribution is 2.19. The largest absolute Gasteiger partial charge is 0.290 e. The lowest BCUT2D eigenvalue weighted by molar-refractivity contribution is -0.121. The van der Waals surface area contributed by atoms with Gasteiger partial charge in [-0.3, -0.25) is 25.2 Å². The summed E-state index contributed by atoms with van der Waals surface area (Å²) >= 11 is 0. The van der Waals surface area contributed by atoms with E-state index in [0.29, 0.717) is 17.3 Å². The molecule has 0 radical (unpaired) electrons. The Morgan fingerprint density at radius 2 is 1.53 bits per heavy atom. The lowest BCUT2D eigenvalue weighted by Crippen LogP contribution is -2.43. The molecule has 0 fully saturated rings.